The molecular formula is C8H14O2. The molecule has 0 bridgehead atoms. The highest BCUT2D eigenvalue weighted by Gasteiger charge is 2.27. The van der Waals surface area contributed by atoms with E-state index >= 15 is 0 Å². The highest BCUT2D eigenvalue weighted by Crippen LogP contribution is 2.21. The Balaban J connectivity index is 4.11. The van der Waals surface area contributed by atoms with Gasteiger partial charge in [0.1, 0.15) is 6.10 Å². The van der Waals surface area contributed by atoms with Crippen molar-refractivity contribution in [1.82, 2.24) is 0 Å². The van der Waals surface area contributed by atoms with Crippen LogP contribution in [0, 0.1) is 17.8 Å². The van der Waals surface area contributed by atoms with Crippen molar-refractivity contribution in [2.24, 2.45) is 5.41 Å². The highest BCUT2D eigenvalue weighted by molar-refractivity contribution is 5.00. The molecule has 0 aromatic rings. The van der Waals surface area contributed by atoms with Crippen LogP contribution < -0.4 is 0 Å². The SMILES string of the molecule is C#C[C@H](O)[C@@H](O)C(C)(C)C. The van der Waals surface area contributed by atoms with Crippen molar-refractivity contribution in [2.75, 3.05) is 0 Å². The average molecular weight is 142 g/mol. The van der Waals surface area contributed by atoms with E-state index in [4.69, 9.17) is 11.5 Å². The van der Waals surface area contributed by atoms with Crippen LogP contribution in [0.5, 0.6) is 0 Å². The smallest absolute Gasteiger partial charge is 0.140 e. The predicted molar refractivity (Wildman–Crippen MR) is 40.3 cm³/mol. The van der Waals surface area contributed by atoms with Crippen molar-refractivity contribution in [3.8, 4) is 12.3 Å². The summed E-state index contributed by atoms with van der Waals surface area (Å²) in [6.07, 6.45) is 3.00. The summed E-state index contributed by atoms with van der Waals surface area (Å²) in [6, 6.07) is 0. The minimum Gasteiger partial charge on any atom is -0.389 e. The maximum absolute atomic E-state index is 9.26. The molecule has 2 heteroatoms. The largest absolute Gasteiger partial charge is 0.389 e. The van der Waals surface area contributed by atoms with E-state index in [-0.39, 0.29) is 5.41 Å². The first-order valence-corrected chi connectivity index (χ1v) is 3.22. The van der Waals surface area contributed by atoms with Crippen molar-refractivity contribution in [1.29, 1.82) is 0 Å². The lowest BCUT2D eigenvalue weighted by atomic mass is 9.86. The van der Waals surface area contributed by atoms with Gasteiger partial charge in [-0.1, -0.05) is 26.7 Å². The van der Waals surface area contributed by atoms with Crippen LogP contribution in [0.3, 0.4) is 0 Å². The predicted octanol–water partition coefficient (Wildman–Crippen LogP) is 0.387. The molecule has 0 saturated heterocycles. The van der Waals surface area contributed by atoms with Gasteiger partial charge in [-0.05, 0) is 5.41 Å². The van der Waals surface area contributed by atoms with E-state index in [9.17, 15) is 5.11 Å². The first-order chi connectivity index (χ1) is 4.39. The summed E-state index contributed by atoms with van der Waals surface area (Å²) in [7, 11) is 0. The maximum atomic E-state index is 9.26. The summed E-state index contributed by atoms with van der Waals surface area (Å²) >= 11 is 0. The first kappa shape index (κ1) is 9.48. The number of hydrogen-bond acceptors (Lipinski definition) is 2. The first-order valence-electron chi connectivity index (χ1n) is 3.22. The molecule has 0 heterocycles. The number of aliphatic hydroxyl groups is 2. The van der Waals surface area contributed by atoms with Gasteiger partial charge in [0.25, 0.3) is 0 Å². The van der Waals surface area contributed by atoms with E-state index in [0.717, 1.165) is 0 Å². The van der Waals surface area contributed by atoms with E-state index in [0.29, 0.717) is 0 Å². The Morgan fingerprint density at radius 3 is 1.80 bits per heavy atom. The van der Waals surface area contributed by atoms with E-state index in [2.05, 4.69) is 5.92 Å². The van der Waals surface area contributed by atoms with E-state index in [1.54, 1.807) is 0 Å². The lowest BCUT2D eigenvalue weighted by Gasteiger charge is -2.27. The standard InChI is InChI=1S/C8H14O2/c1-5-6(9)7(10)8(2,3)4/h1,6-7,9-10H,2-4H3/t6-,7+/m0/s1. The number of hydrogen-bond donors (Lipinski definition) is 2. The molecule has 0 spiro atoms. The molecule has 10 heavy (non-hydrogen) atoms. The lowest BCUT2D eigenvalue weighted by molar-refractivity contribution is -0.0175. The molecule has 0 radical (unpaired) electrons. The van der Waals surface area contributed by atoms with Gasteiger partial charge < -0.3 is 10.2 Å². The van der Waals surface area contributed by atoms with E-state index in [1.807, 2.05) is 20.8 Å². The summed E-state index contributed by atoms with van der Waals surface area (Å²) in [6.45, 7) is 5.45. The second kappa shape index (κ2) is 3.05. The summed E-state index contributed by atoms with van der Waals surface area (Å²) in [5.74, 6) is 2.08. The molecule has 2 N–H and O–H groups in total. The fourth-order valence-electron chi connectivity index (χ4n) is 0.565. The summed E-state index contributed by atoms with van der Waals surface area (Å²) in [5.41, 5.74) is -0.355. The quantitative estimate of drug-likeness (QED) is 0.520. The average Bonchev–Trinajstić information content (AvgIpc) is 1.83. The normalized spacial score (nSPS) is 17.6. The zero-order chi connectivity index (χ0) is 8.36. The van der Waals surface area contributed by atoms with Gasteiger partial charge in [0.05, 0.1) is 6.10 Å². The number of rotatable bonds is 1. The monoisotopic (exact) mass is 142 g/mol. The Morgan fingerprint density at radius 1 is 1.30 bits per heavy atom. The molecule has 2 nitrogen and oxygen atoms in total. The highest BCUT2D eigenvalue weighted by atomic mass is 16.3. The number of aliphatic hydroxyl groups excluding tert-OH is 2. The van der Waals surface area contributed by atoms with Gasteiger partial charge in [-0.2, -0.15) is 0 Å². The van der Waals surface area contributed by atoms with Crippen molar-refractivity contribution in [2.45, 2.75) is 33.0 Å². The second-order valence-corrected chi connectivity index (χ2v) is 3.42. The Hall–Kier alpha value is -0.520. The Morgan fingerprint density at radius 2 is 1.70 bits per heavy atom. The Bertz CT molecular complexity index is 138. The molecular weight excluding hydrogens is 128 g/mol. The van der Waals surface area contributed by atoms with Crippen molar-refractivity contribution in [3.05, 3.63) is 0 Å². The third-order valence-electron chi connectivity index (χ3n) is 1.36. The van der Waals surface area contributed by atoms with Gasteiger partial charge in [0.15, 0.2) is 0 Å². The van der Waals surface area contributed by atoms with Gasteiger partial charge in [-0.25, -0.2) is 0 Å². The third-order valence-corrected chi connectivity index (χ3v) is 1.36. The minimum atomic E-state index is -1.06. The molecule has 0 aromatic carbocycles. The van der Waals surface area contributed by atoms with Crippen LogP contribution >= 0.6 is 0 Å². The van der Waals surface area contributed by atoms with Gasteiger partial charge in [0, 0.05) is 0 Å². The molecule has 0 aromatic heterocycles. The van der Waals surface area contributed by atoms with E-state index in [1.165, 1.54) is 0 Å². The van der Waals surface area contributed by atoms with Crippen molar-refractivity contribution < 1.29 is 10.2 Å². The van der Waals surface area contributed by atoms with Crippen LogP contribution in [0.15, 0.2) is 0 Å². The Labute approximate surface area is 61.9 Å². The summed E-state index contributed by atoms with van der Waals surface area (Å²) in [5, 5.41) is 18.2. The third kappa shape index (κ3) is 2.38. The molecule has 0 aliphatic rings. The zero-order valence-electron chi connectivity index (χ0n) is 6.63. The fraction of sp³-hybridized carbons (Fsp3) is 0.750. The summed E-state index contributed by atoms with van der Waals surface area (Å²) < 4.78 is 0. The van der Waals surface area contributed by atoms with Crippen LogP contribution in [0.1, 0.15) is 20.8 Å². The van der Waals surface area contributed by atoms with Crippen LogP contribution in [-0.4, -0.2) is 22.4 Å². The second-order valence-electron chi connectivity index (χ2n) is 3.42. The molecule has 0 amide bonds. The van der Waals surface area contributed by atoms with Gasteiger partial charge in [-0.3, -0.25) is 0 Å². The van der Waals surface area contributed by atoms with Gasteiger partial charge in [0.2, 0.25) is 0 Å². The molecule has 0 unspecified atom stereocenters. The molecule has 58 valence electrons. The molecule has 0 fully saturated rings. The molecule has 0 aliphatic carbocycles. The lowest BCUT2D eigenvalue weighted by Crippen LogP contribution is -2.36. The Kier molecular flexibility index (Phi) is 2.89. The molecule has 0 saturated carbocycles. The van der Waals surface area contributed by atoms with Crippen molar-refractivity contribution >= 4 is 0 Å². The topological polar surface area (TPSA) is 40.5 Å². The van der Waals surface area contributed by atoms with Crippen molar-refractivity contribution in [3.63, 3.8) is 0 Å². The van der Waals surface area contributed by atoms with Crippen LogP contribution in [-0.2, 0) is 0 Å². The minimum absolute atomic E-state index is 0.355. The van der Waals surface area contributed by atoms with Crippen LogP contribution in [0.4, 0.5) is 0 Å². The van der Waals surface area contributed by atoms with Gasteiger partial charge in [-0.15, -0.1) is 6.42 Å². The molecule has 0 aliphatic heterocycles. The fourth-order valence-corrected chi connectivity index (χ4v) is 0.565. The zero-order valence-corrected chi connectivity index (χ0v) is 6.63. The maximum Gasteiger partial charge on any atom is 0.140 e. The van der Waals surface area contributed by atoms with E-state index < -0.39 is 12.2 Å². The molecule has 0 rings (SSSR count). The number of terminal acetylenes is 1. The van der Waals surface area contributed by atoms with Crippen LogP contribution in [0.2, 0.25) is 0 Å². The summed E-state index contributed by atoms with van der Waals surface area (Å²) in [4.78, 5) is 0. The van der Waals surface area contributed by atoms with Crippen LogP contribution in [0.25, 0.3) is 0 Å². The molecule has 2 atom stereocenters. The van der Waals surface area contributed by atoms with Gasteiger partial charge >= 0.3 is 0 Å².